The Labute approximate surface area is 56.2 Å². The molecule has 1 saturated carbocycles. The Morgan fingerprint density at radius 2 is 2.38 bits per heavy atom. The zero-order chi connectivity index (χ0) is 5.98. The van der Waals surface area contributed by atoms with Gasteiger partial charge in [0.15, 0.2) is 0 Å². The minimum atomic E-state index is -0.183. The normalized spacial score (nSPS) is 17.8. The van der Waals surface area contributed by atoms with Crippen LogP contribution in [-0.4, -0.2) is 15.7 Å². The summed E-state index contributed by atoms with van der Waals surface area (Å²) in [5.74, 6) is 0. The highest BCUT2D eigenvalue weighted by Gasteiger charge is 2.19. The van der Waals surface area contributed by atoms with Crippen LogP contribution in [0.25, 0.3) is 0 Å². The maximum Gasteiger partial charge on any atom is 0.213 e. The van der Waals surface area contributed by atoms with Gasteiger partial charge in [0.1, 0.15) is 0 Å². The van der Waals surface area contributed by atoms with Crippen molar-refractivity contribution < 1.29 is 5.11 Å². The van der Waals surface area contributed by atoms with Crippen LogP contribution in [0.5, 0.6) is 0 Å². The van der Waals surface area contributed by atoms with Gasteiger partial charge in [0.25, 0.3) is 0 Å². The second kappa shape index (κ2) is 2.62. The predicted octanol–water partition coefficient (Wildman–Crippen LogP) is 1.30. The Bertz CT molecular complexity index is 144. The fourth-order valence-electron chi connectivity index (χ4n) is 0.298. The van der Waals surface area contributed by atoms with Gasteiger partial charge in [0.2, 0.25) is 4.51 Å². The lowest BCUT2D eigenvalue weighted by Gasteiger charge is -1.72. The van der Waals surface area contributed by atoms with Crippen molar-refractivity contribution in [3.63, 3.8) is 0 Å². The maximum absolute atomic E-state index is 8.38. The standard InChI is InChI=1S/C4H6ClNOS/c5-4(7)8-6-3-1-2-3/h3,7H,1-2H2. The summed E-state index contributed by atoms with van der Waals surface area (Å²) < 4.78 is 3.75. The average molecular weight is 152 g/mol. The van der Waals surface area contributed by atoms with Gasteiger partial charge in [-0.3, -0.25) is 0 Å². The van der Waals surface area contributed by atoms with E-state index in [2.05, 4.69) is 4.36 Å². The van der Waals surface area contributed by atoms with Crippen molar-refractivity contribution in [3.05, 3.63) is 0 Å². The lowest BCUT2D eigenvalue weighted by molar-refractivity contribution is 0.583. The van der Waals surface area contributed by atoms with Crippen LogP contribution in [0.4, 0.5) is 0 Å². The molecule has 46 valence electrons. The molecule has 0 amide bonds. The van der Waals surface area contributed by atoms with Crippen LogP contribution in [0, 0.1) is 0 Å². The van der Waals surface area contributed by atoms with Crippen molar-refractivity contribution in [1.29, 1.82) is 0 Å². The van der Waals surface area contributed by atoms with Gasteiger partial charge in [0.05, 0.1) is 6.04 Å². The maximum atomic E-state index is 8.38. The number of aliphatic hydroxyl groups is 1. The van der Waals surface area contributed by atoms with Crippen molar-refractivity contribution in [2.24, 2.45) is 4.36 Å². The van der Waals surface area contributed by atoms with Crippen molar-refractivity contribution in [2.75, 3.05) is 0 Å². The highest BCUT2D eigenvalue weighted by molar-refractivity contribution is 7.71. The largest absolute Gasteiger partial charge is 0.342 e. The minimum Gasteiger partial charge on any atom is -0.342 e. The fraction of sp³-hybridized carbons (Fsp3) is 0.750. The first kappa shape index (κ1) is 6.26. The molecule has 1 fully saturated rings. The lowest BCUT2D eigenvalue weighted by atomic mass is 10.8. The number of halogens is 1. The molecule has 0 atom stereocenters. The number of hydrogen-bond donors (Lipinski definition) is 1. The average Bonchev–Trinajstić information content (AvgIpc) is 2.41. The second-order valence-corrected chi connectivity index (χ2v) is 3.04. The van der Waals surface area contributed by atoms with Crippen LogP contribution < -0.4 is 0 Å². The summed E-state index contributed by atoms with van der Waals surface area (Å²) in [5.41, 5.74) is 0. The smallest absolute Gasteiger partial charge is 0.213 e. The third-order valence-electron chi connectivity index (χ3n) is 0.824. The minimum absolute atomic E-state index is 0.183. The number of hydrogen-bond acceptors (Lipinski definition) is 1. The first-order valence-corrected chi connectivity index (χ1v) is 3.53. The second-order valence-electron chi connectivity index (χ2n) is 1.68. The van der Waals surface area contributed by atoms with E-state index in [9.17, 15) is 0 Å². The lowest BCUT2D eigenvalue weighted by Crippen LogP contribution is -1.78. The van der Waals surface area contributed by atoms with Gasteiger partial charge in [-0.25, -0.2) is 4.36 Å². The highest BCUT2D eigenvalue weighted by atomic mass is 35.5. The molecule has 2 nitrogen and oxygen atoms in total. The summed E-state index contributed by atoms with van der Waals surface area (Å²) >= 11 is 6.06. The monoisotopic (exact) mass is 151 g/mol. The van der Waals surface area contributed by atoms with Gasteiger partial charge >= 0.3 is 0 Å². The molecule has 0 saturated heterocycles. The molecular formula is C4H6ClNOS. The fourth-order valence-corrected chi connectivity index (χ4v) is 0.864. The van der Waals surface area contributed by atoms with Crippen molar-refractivity contribution >= 4 is 27.3 Å². The van der Waals surface area contributed by atoms with E-state index in [0.717, 1.165) is 24.0 Å². The third kappa shape index (κ3) is 2.45. The van der Waals surface area contributed by atoms with Crippen LogP contribution in [0.3, 0.4) is 0 Å². The van der Waals surface area contributed by atoms with Crippen molar-refractivity contribution in [2.45, 2.75) is 18.9 Å². The van der Waals surface area contributed by atoms with E-state index < -0.39 is 0 Å². The summed E-state index contributed by atoms with van der Waals surface area (Å²) in [7, 11) is 0. The first-order chi connectivity index (χ1) is 3.79. The molecule has 0 aliphatic heterocycles. The number of rotatable bonds is 1. The molecule has 0 spiro atoms. The zero-order valence-electron chi connectivity index (χ0n) is 4.17. The van der Waals surface area contributed by atoms with E-state index in [0.29, 0.717) is 6.04 Å². The van der Waals surface area contributed by atoms with Crippen LogP contribution in [0.15, 0.2) is 4.36 Å². The van der Waals surface area contributed by atoms with Gasteiger partial charge < -0.3 is 5.11 Å². The molecule has 0 aromatic carbocycles. The van der Waals surface area contributed by atoms with E-state index in [1.54, 1.807) is 0 Å². The Kier molecular flexibility index (Phi) is 2.05. The number of aliphatic hydroxyl groups excluding tert-OH is 1. The Morgan fingerprint density at radius 3 is 2.75 bits per heavy atom. The molecule has 0 bridgehead atoms. The zero-order valence-corrected chi connectivity index (χ0v) is 5.74. The Hall–Kier alpha value is 0.140. The van der Waals surface area contributed by atoms with Gasteiger partial charge in [-0.2, -0.15) is 0 Å². The molecule has 8 heavy (non-hydrogen) atoms. The van der Waals surface area contributed by atoms with Gasteiger partial charge in [-0.1, -0.05) is 0 Å². The van der Waals surface area contributed by atoms with Crippen LogP contribution in [-0.2, 0) is 11.1 Å². The van der Waals surface area contributed by atoms with Crippen molar-refractivity contribution in [3.8, 4) is 0 Å². The Balaban J connectivity index is 2.43. The summed E-state index contributed by atoms with van der Waals surface area (Å²) in [4.78, 5) is 0. The van der Waals surface area contributed by atoms with Gasteiger partial charge in [-0.05, 0) is 35.6 Å². The molecule has 0 aromatic rings. The van der Waals surface area contributed by atoms with Gasteiger partial charge in [0, 0.05) is 0 Å². The molecule has 0 unspecified atom stereocenters. The van der Waals surface area contributed by atoms with Crippen molar-refractivity contribution in [1.82, 2.24) is 0 Å². The number of nitrogens with zero attached hydrogens (tertiary/aromatic N) is 1. The molecular weight excluding hydrogens is 146 g/mol. The van der Waals surface area contributed by atoms with Crippen LogP contribution in [0.2, 0.25) is 0 Å². The van der Waals surface area contributed by atoms with Gasteiger partial charge in [-0.15, -0.1) is 0 Å². The third-order valence-corrected chi connectivity index (χ3v) is 1.59. The van der Waals surface area contributed by atoms with E-state index in [1.165, 1.54) is 0 Å². The molecule has 4 heteroatoms. The van der Waals surface area contributed by atoms with Crippen LogP contribution in [0.1, 0.15) is 12.8 Å². The first-order valence-electron chi connectivity index (χ1n) is 2.37. The van der Waals surface area contributed by atoms with Crippen LogP contribution >= 0.6 is 11.6 Å². The molecule has 1 rings (SSSR count). The van der Waals surface area contributed by atoms with E-state index in [-0.39, 0.29) is 4.51 Å². The van der Waals surface area contributed by atoms with E-state index in [4.69, 9.17) is 16.7 Å². The summed E-state index contributed by atoms with van der Waals surface area (Å²) in [5, 5.41) is 8.38. The predicted molar refractivity (Wildman–Crippen MR) is 36.3 cm³/mol. The highest BCUT2D eigenvalue weighted by Crippen LogP contribution is 2.22. The molecule has 0 radical (unpaired) electrons. The topological polar surface area (TPSA) is 32.6 Å². The summed E-state index contributed by atoms with van der Waals surface area (Å²) in [6.07, 6.45) is 2.30. The summed E-state index contributed by atoms with van der Waals surface area (Å²) in [6, 6.07) is 0.459. The Morgan fingerprint density at radius 1 is 1.75 bits per heavy atom. The summed E-state index contributed by atoms with van der Waals surface area (Å²) in [6.45, 7) is 0. The molecule has 1 N–H and O–H groups in total. The van der Waals surface area contributed by atoms with E-state index in [1.807, 2.05) is 0 Å². The molecule has 1 aliphatic carbocycles. The molecule has 1 aliphatic rings. The SMILES string of the molecule is OC(Cl)=S=NC1CC1. The molecule has 0 heterocycles. The quantitative estimate of drug-likeness (QED) is 0.445. The van der Waals surface area contributed by atoms with E-state index >= 15 is 0 Å². The molecule has 0 aromatic heterocycles.